The fourth-order valence-corrected chi connectivity index (χ4v) is 1.70. The number of carbonyl (C=O) groups is 1. The SMILES string of the molecule is O=CC1COCCN1c1ccc(O)cc1. The van der Waals surface area contributed by atoms with Gasteiger partial charge in [-0.2, -0.15) is 0 Å². The van der Waals surface area contributed by atoms with Crippen molar-refractivity contribution in [2.45, 2.75) is 6.04 Å². The van der Waals surface area contributed by atoms with Crippen LogP contribution in [0.25, 0.3) is 0 Å². The highest BCUT2D eigenvalue weighted by molar-refractivity contribution is 5.67. The van der Waals surface area contributed by atoms with Crippen LogP contribution in [-0.4, -0.2) is 37.2 Å². The molecule has 1 unspecified atom stereocenters. The van der Waals surface area contributed by atoms with E-state index in [1.165, 1.54) is 0 Å². The average Bonchev–Trinajstić information content (AvgIpc) is 2.30. The highest BCUT2D eigenvalue weighted by atomic mass is 16.5. The number of aldehydes is 1. The predicted octanol–water partition coefficient (Wildman–Crippen LogP) is 0.796. The minimum Gasteiger partial charge on any atom is -0.508 e. The first-order chi connectivity index (χ1) is 7.31. The van der Waals surface area contributed by atoms with Gasteiger partial charge < -0.3 is 19.5 Å². The maximum Gasteiger partial charge on any atom is 0.144 e. The second kappa shape index (κ2) is 4.31. The summed E-state index contributed by atoms with van der Waals surface area (Å²) < 4.78 is 5.23. The number of hydrogen-bond acceptors (Lipinski definition) is 4. The van der Waals surface area contributed by atoms with Crippen LogP contribution in [0.1, 0.15) is 0 Å². The molecule has 15 heavy (non-hydrogen) atoms. The normalized spacial score (nSPS) is 21.3. The monoisotopic (exact) mass is 207 g/mol. The van der Waals surface area contributed by atoms with Crippen molar-refractivity contribution in [1.29, 1.82) is 0 Å². The number of aromatic hydroxyl groups is 1. The third-order valence-electron chi connectivity index (χ3n) is 2.50. The van der Waals surface area contributed by atoms with Crippen LogP contribution in [0.2, 0.25) is 0 Å². The Bertz CT molecular complexity index is 336. The Kier molecular flexibility index (Phi) is 2.87. The van der Waals surface area contributed by atoms with Crippen molar-refractivity contribution < 1.29 is 14.6 Å². The molecule has 1 aliphatic rings. The molecule has 0 amide bonds. The fourth-order valence-electron chi connectivity index (χ4n) is 1.70. The Balaban J connectivity index is 2.20. The quantitative estimate of drug-likeness (QED) is 0.729. The third-order valence-corrected chi connectivity index (χ3v) is 2.50. The Labute approximate surface area is 88.1 Å². The number of ether oxygens (including phenoxy) is 1. The molecule has 0 spiro atoms. The van der Waals surface area contributed by atoms with E-state index in [1.54, 1.807) is 24.3 Å². The number of phenols is 1. The van der Waals surface area contributed by atoms with E-state index in [0.717, 1.165) is 12.0 Å². The second-order valence-corrected chi connectivity index (χ2v) is 3.49. The van der Waals surface area contributed by atoms with Crippen molar-refractivity contribution in [3.8, 4) is 5.75 Å². The van der Waals surface area contributed by atoms with Crippen LogP contribution in [0.3, 0.4) is 0 Å². The summed E-state index contributed by atoms with van der Waals surface area (Å²) in [5.41, 5.74) is 0.938. The topological polar surface area (TPSA) is 49.8 Å². The number of benzene rings is 1. The van der Waals surface area contributed by atoms with E-state index in [1.807, 2.05) is 4.90 Å². The third kappa shape index (κ3) is 2.10. The lowest BCUT2D eigenvalue weighted by Crippen LogP contribution is -2.46. The van der Waals surface area contributed by atoms with E-state index < -0.39 is 0 Å². The lowest BCUT2D eigenvalue weighted by molar-refractivity contribution is -0.111. The summed E-state index contributed by atoms with van der Waals surface area (Å²) in [6.45, 7) is 1.77. The summed E-state index contributed by atoms with van der Waals surface area (Å²) in [5.74, 6) is 0.231. The highest BCUT2D eigenvalue weighted by Crippen LogP contribution is 2.21. The van der Waals surface area contributed by atoms with Gasteiger partial charge in [0.2, 0.25) is 0 Å². The van der Waals surface area contributed by atoms with Gasteiger partial charge in [0.1, 0.15) is 18.1 Å². The van der Waals surface area contributed by atoms with Crippen LogP contribution >= 0.6 is 0 Å². The van der Waals surface area contributed by atoms with Crippen LogP contribution in [0.5, 0.6) is 5.75 Å². The first-order valence-corrected chi connectivity index (χ1v) is 4.90. The van der Waals surface area contributed by atoms with Crippen molar-refractivity contribution in [2.24, 2.45) is 0 Å². The molecule has 1 fully saturated rings. The van der Waals surface area contributed by atoms with Crippen LogP contribution in [0.4, 0.5) is 5.69 Å². The Morgan fingerprint density at radius 1 is 1.40 bits per heavy atom. The number of nitrogens with zero attached hydrogens (tertiary/aromatic N) is 1. The van der Waals surface area contributed by atoms with Gasteiger partial charge in [-0.15, -0.1) is 0 Å². The molecule has 1 heterocycles. The van der Waals surface area contributed by atoms with Gasteiger partial charge in [0.05, 0.1) is 13.2 Å². The summed E-state index contributed by atoms with van der Waals surface area (Å²) >= 11 is 0. The number of phenolic OH excluding ortho intramolecular Hbond substituents is 1. The highest BCUT2D eigenvalue weighted by Gasteiger charge is 2.22. The van der Waals surface area contributed by atoms with Gasteiger partial charge in [-0.3, -0.25) is 0 Å². The van der Waals surface area contributed by atoms with Gasteiger partial charge in [-0.05, 0) is 24.3 Å². The molecule has 1 aromatic rings. The van der Waals surface area contributed by atoms with Crippen molar-refractivity contribution in [3.05, 3.63) is 24.3 Å². The number of hydrogen-bond donors (Lipinski definition) is 1. The zero-order valence-electron chi connectivity index (χ0n) is 8.30. The molecule has 0 aromatic heterocycles. The molecule has 0 bridgehead atoms. The molecule has 1 aliphatic heterocycles. The van der Waals surface area contributed by atoms with Crippen molar-refractivity contribution >= 4 is 12.0 Å². The molecule has 1 saturated heterocycles. The van der Waals surface area contributed by atoms with Crippen molar-refractivity contribution in [3.63, 3.8) is 0 Å². The molecule has 1 N–H and O–H groups in total. The van der Waals surface area contributed by atoms with Crippen molar-refractivity contribution in [2.75, 3.05) is 24.7 Å². The van der Waals surface area contributed by atoms with E-state index in [0.29, 0.717) is 19.8 Å². The summed E-state index contributed by atoms with van der Waals surface area (Å²) in [6, 6.07) is 6.62. The standard InChI is InChI=1S/C11H13NO3/c13-7-10-8-15-6-5-12(10)9-1-3-11(14)4-2-9/h1-4,7,10,14H,5-6,8H2. The number of carbonyl (C=O) groups excluding carboxylic acids is 1. The predicted molar refractivity (Wildman–Crippen MR) is 56.1 cm³/mol. The molecule has 80 valence electrons. The molecule has 0 saturated carbocycles. The molecular weight excluding hydrogens is 194 g/mol. The fraction of sp³-hybridized carbons (Fsp3) is 0.364. The number of anilines is 1. The summed E-state index contributed by atoms with van der Waals surface area (Å²) in [5, 5.41) is 9.17. The zero-order valence-corrected chi connectivity index (χ0v) is 8.30. The van der Waals surface area contributed by atoms with Crippen LogP contribution in [0, 0.1) is 0 Å². The van der Waals surface area contributed by atoms with Gasteiger partial charge in [0, 0.05) is 12.2 Å². The molecule has 4 heteroatoms. The van der Waals surface area contributed by atoms with E-state index >= 15 is 0 Å². The van der Waals surface area contributed by atoms with Gasteiger partial charge in [0.25, 0.3) is 0 Å². The second-order valence-electron chi connectivity index (χ2n) is 3.49. The maximum absolute atomic E-state index is 10.8. The maximum atomic E-state index is 10.8. The zero-order chi connectivity index (χ0) is 10.7. The Morgan fingerprint density at radius 3 is 2.80 bits per heavy atom. The van der Waals surface area contributed by atoms with Crippen LogP contribution in [-0.2, 0) is 9.53 Å². The lowest BCUT2D eigenvalue weighted by atomic mass is 10.2. The Hall–Kier alpha value is -1.55. The number of morpholine rings is 1. The minimum absolute atomic E-state index is 0.219. The molecule has 0 radical (unpaired) electrons. The summed E-state index contributed by atoms with van der Waals surface area (Å²) in [4.78, 5) is 12.8. The van der Waals surface area contributed by atoms with Gasteiger partial charge >= 0.3 is 0 Å². The number of rotatable bonds is 2. The Morgan fingerprint density at radius 2 is 2.13 bits per heavy atom. The first kappa shape index (κ1) is 9.98. The first-order valence-electron chi connectivity index (χ1n) is 4.90. The summed E-state index contributed by atoms with van der Waals surface area (Å²) in [6.07, 6.45) is 0.895. The smallest absolute Gasteiger partial charge is 0.144 e. The molecule has 4 nitrogen and oxygen atoms in total. The van der Waals surface area contributed by atoms with E-state index in [-0.39, 0.29) is 11.8 Å². The van der Waals surface area contributed by atoms with Crippen molar-refractivity contribution in [1.82, 2.24) is 0 Å². The molecule has 0 aliphatic carbocycles. The van der Waals surface area contributed by atoms with E-state index in [9.17, 15) is 4.79 Å². The molecule has 1 atom stereocenters. The van der Waals surface area contributed by atoms with Gasteiger partial charge in [-0.1, -0.05) is 0 Å². The van der Waals surface area contributed by atoms with Gasteiger partial charge in [-0.25, -0.2) is 0 Å². The molecule has 1 aromatic carbocycles. The lowest BCUT2D eigenvalue weighted by Gasteiger charge is -2.34. The summed E-state index contributed by atoms with van der Waals surface area (Å²) in [7, 11) is 0. The average molecular weight is 207 g/mol. The van der Waals surface area contributed by atoms with Crippen LogP contribution < -0.4 is 4.90 Å². The minimum atomic E-state index is -0.219. The van der Waals surface area contributed by atoms with E-state index in [2.05, 4.69) is 0 Å². The molecule has 2 rings (SSSR count). The largest absolute Gasteiger partial charge is 0.508 e. The van der Waals surface area contributed by atoms with Gasteiger partial charge in [0.15, 0.2) is 0 Å². The molecular formula is C11H13NO3. The van der Waals surface area contributed by atoms with E-state index in [4.69, 9.17) is 9.84 Å². The van der Waals surface area contributed by atoms with Crippen LogP contribution in [0.15, 0.2) is 24.3 Å².